The first kappa shape index (κ1) is 14.9. The van der Waals surface area contributed by atoms with Crippen LogP contribution in [0.15, 0.2) is 63.4 Å². The zero-order valence-electron chi connectivity index (χ0n) is 12.8. The van der Waals surface area contributed by atoms with Gasteiger partial charge in [0.2, 0.25) is 0 Å². The van der Waals surface area contributed by atoms with Gasteiger partial charge in [0, 0.05) is 11.5 Å². The second-order valence-corrected chi connectivity index (χ2v) is 5.16. The third-order valence-corrected chi connectivity index (χ3v) is 3.52. The van der Waals surface area contributed by atoms with Crippen LogP contribution in [0.5, 0.6) is 5.75 Å². The van der Waals surface area contributed by atoms with Gasteiger partial charge < -0.3 is 13.6 Å². The Kier molecular flexibility index (Phi) is 3.62. The highest BCUT2D eigenvalue weighted by atomic mass is 16.6. The van der Waals surface area contributed by atoms with E-state index < -0.39 is 4.92 Å². The monoisotopic (exact) mass is 337 g/mol. The molecule has 0 bridgehead atoms. The molecule has 0 atom stereocenters. The van der Waals surface area contributed by atoms with Crippen molar-refractivity contribution in [1.82, 2.24) is 10.2 Å². The van der Waals surface area contributed by atoms with E-state index in [1.54, 1.807) is 18.2 Å². The lowest BCUT2D eigenvalue weighted by Crippen LogP contribution is -1.99. The van der Waals surface area contributed by atoms with E-state index in [9.17, 15) is 10.1 Å². The molecular weight excluding hydrogens is 326 g/mol. The quantitative estimate of drug-likeness (QED) is 0.401. The first-order valence-electron chi connectivity index (χ1n) is 7.38. The molecule has 124 valence electrons. The van der Waals surface area contributed by atoms with Crippen molar-refractivity contribution in [1.29, 1.82) is 0 Å². The summed E-state index contributed by atoms with van der Waals surface area (Å²) in [6.45, 7) is -0.0852. The first-order valence-corrected chi connectivity index (χ1v) is 7.38. The predicted octanol–water partition coefficient (Wildman–Crippen LogP) is 3.97. The van der Waals surface area contributed by atoms with Gasteiger partial charge in [-0.3, -0.25) is 10.1 Å². The maximum Gasteiger partial charge on any atom is 0.310 e. The molecule has 0 amide bonds. The van der Waals surface area contributed by atoms with E-state index in [0.717, 1.165) is 5.39 Å². The Morgan fingerprint density at radius 3 is 2.68 bits per heavy atom. The van der Waals surface area contributed by atoms with Crippen LogP contribution in [0.2, 0.25) is 0 Å². The van der Waals surface area contributed by atoms with E-state index >= 15 is 0 Å². The fourth-order valence-corrected chi connectivity index (χ4v) is 2.37. The third kappa shape index (κ3) is 2.92. The Labute approximate surface area is 140 Å². The average Bonchev–Trinajstić information content (AvgIpc) is 3.26. The Bertz CT molecular complexity index is 1020. The number of nitro groups is 1. The minimum absolute atomic E-state index is 0.0852. The maximum atomic E-state index is 11.0. The van der Waals surface area contributed by atoms with Gasteiger partial charge in [-0.05, 0) is 18.2 Å². The number of nitrogens with zero attached hydrogens (tertiary/aromatic N) is 3. The van der Waals surface area contributed by atoms with Gasteiger partial charge >= 0.3 is 5.69 Å². The fraction of sp³-hybridized carbons (Fsp3) is 0.0588. The standard InChI is InChI=1S/C17H11N3O5/c21-20(22)12-6-2-4-8-14(12)23-10-16-18-19-17(25-16)15-9-11-5-1-3-7-13(11)24-15/h1-9H,10H2. The van der Waals surface area contributed by atoms with Crippen LogP contribution >= 0.6 is 0 Å². The summed E-state index contributed by atoms with van der Waals surface area (Å²) in [7, 11) is 0. The van der Waals surface area contributed by atoms with E-state index in [0.29, 0.717) is 11.3 Å². The highest BCUT2D eigenvalue weighted by Crippen LogP contribution is 2.28. The number of ether oxygens (including phenoxy) is 1. The van der Waals surface area contributed by atoms with Gasteiger partial charge in [-0.2, -0.15) is 0 Å². The SMILES string of the molecule is O=[N+]([O-])c1ccccc1OCc1nnc(-c2cc3ccccc3o2)o1. The highest BCUT2D eigenvalue weighted by Gasteiger charge is 2.17. The number of aromatic nitrogens is 2. The van der Waals surface area contributed by atoms with E-state index in [-0.39, 0.29) is 29.8 Å². The summed E-state index contributed by atoms with van der Waals surface area (Å²) in [5.74, 6) is 0.993. The lowest BCUT2D eigenvalue weighted by atomic mass is 10.2. The van der Waals surface area contributed by atoms with E-state index in [2.05, 4.69) is 10.2 Å². The number of benzene rings is 2. The summed E-state index contributed by atoms with van der Waals surface area (Å²) >= 11 is 0. The van der Waals surface area contributed by atoms with Crippen LogP contribution in [0.4, 0.5) is 5.69 Å². The lowest BCUT2D eigenvalue weighted by molar-refractivity contribution is -0.386. The van der Waals surface area contributed by atoms with Crippen molar-refractivity contribution in [3.8, 4) is 17.4 Å². The number of hydrogen-bond donors (Lipinski definition) is 0. The molecule has 2 heterocycles. The molecule has 0 saturated carbocycles. The second-order valence-electron chi connectivity index (χ2n) is 5.16. The predicted molar refractivity (Wildman–Crippen MR) is 86.9 cm³/mol. The van der Waals surface area contributed by atoms with Crippen LogP contribution in [-0.2, 0) is 6.61 Å². The van der Waals surface area contributed by atoms with Crippen molar-refractivity contribution in [3.05, 3.63) is 70.6 Å². The van der Waals surface area contributed by atoms with Gasteiger partial charge in [-0.1, -0.05) is 30.3 Å². The molecule has 0 N–H and O–H groups in total. The van der Waals surface area contributed by atoms with Crippen LogP contribution < -0.4 is 4.74 Å². The summed E-state index contributed by atoms with van der Waals surface area (Å²) < 4.78 is 16.6. The minimum atomic E-state index is -0.511. The van der Waals surface area contributed by atoms with E-state index in [1.807, 2.05) is 24.3 Å². The summed E-state index contributed by atoms with van der Waals surface area (Å²) in [6, 6.07) is 15.4. The van der Waals surface area contributed by atoms with Crippen molar-refractivity contribution in [3.63, 3.8) is 0 Å². The van der Waals surface area contributed by atoms with Crippen LogP contribution in [0.25, 0.3) is 22.6 Å². The van der Waals surface area contributed by atoms with Crippen molar-refractivity contribution in [2.75, 3.05) is 0 Å². The largest absolute Gasteiger partial charge is 0.477 e. The van der Waals surface area contributed by atoms with Gasteiger partial charge in [0.25, 0.3) is 11.8 Å². The summed E-state index contributed by atoms with van der Waals surface area (Å²) in [5.41, 5.74) is 0.591. The molecule has 0 radical (unpaired) electrons. The van der Waals surface area contributed by atoms with Crippen molar-refractivity contribution in [2.45, 2.75) is 6.61 Å². The molecule has 0 aliphatic carbocycles. The van der Waals surface area contributed by atoms with Crippen molar-refractivity contribution in [2.24, 2.45) is 0 Å². The third-order valence-electron chi connectivity index (χ3n) is 3.52. The zero-order chi connectivity index (χ0) is 17.2. The maximum absolute atomic E-state index is 11.0. The fourth-order valence-electron chi connectivity index (χ4n) is 2.37. The van der Waals surface area contributed by atoms with Crippen molar-refractivity contribution < 1.29 is 18.5 Å². The average molecular weight is 337 g/mol. The van der Waals surface area contributed by atoms with Crippen LogP contribution in [0, 0.1) is 10.1 Å². The Hall–Kier alpha value is -3.68. The van der Waals surface area contributed by atoms with Gasteiger partial charge in [0.1, 0.15) is 5.58 Å². The topological polar surface area (TPSA) is 104 Å². The molecule has 8 nitrogen and oxygen atoms in total. The molecule has 0 aliphatic heterocycles. The van der Waals surface area contributed by atoms with Crippen LogP contribution in [0.1, 0.15) is 5.89 Å². The number of fused-ring (bicyclic) bond motifs is 1. The molecule has 0 fully saturated rings. The molecule has 25 heavy (non-hydrogen) atoms. The molecule has 4 rings (SSSR count). The number of para-hydroxylation sites is 3. The molecule has 2 aromatic heterocycles. The molecule has 0 spiro atoms. The number of hydrogen-bond acceptors (Lipinski definition) is 7. The Morgan fingerprint density at radius 1 is 1.04 bits per heavy atom. The molecular formula is C17H11N3O5. The molecule has 2 aromatic carbocycles. The number of rotatable bonds is 5. The number of furan rings is 1. The van der Waals surface area contributed by atoms with Gasteiger partial charge in [-0.25, -0.2) is 0 Å². The molecule has 0 aliphatic rings. The molecule has 8 heteroatoms. The first-order chi connectivity index (χ1) is 12.2. The van der Waals surface area contributed by atoms with E-state index in [1.165, 1.54) is 12.1 Å². The van der Waals surface area contributed by atoms with Gasteiger partial charge in [0.15, 0.2) is 18.1 Å². The molecule has 4 aromatic rings. The van der Waals surface area contributed by atoms with Gasteiger partial charge in [0.05, 0.1) is 4.92 Å². The zero-order valence-corrected chi connectivity index (χ0v) is 12.8. The molecule has 0 unspecified atom stereocenters. The second kappa shape index (κ2) is 6.08. The normalized spacial score (nSPS) is 10.9. The number of nitro benzene ring substituents is 1. The summed E-state index contributed by atoms with van der Waals surface area (Å²) in [4.78, 5) is 10.5. The van der Waals surface area contributed by atoms with Gasteiger partial charge in [-0.15, -0.1) is 10.2 Å². The van der Waals surface area contributed by atoms with Crippen molar-refractivity contribution >= 4 is 16.7 Å². The Morgan fingerprint density at radius 2 is 1.84 bits per heavy atom. The summed E-state index contributed by atoms with van der Waals surface area (Å²) in [6.07, 6.45) is 0. The van der Waals surface area contributed by atoms with Crippen LogP contribution in [-0.4, -0.2) is 15.1 Å². The van der Waals surface area contributed by atoms with E-state index in [4.69, 9.17) is 13.6 Å². The smallest absolute Gasteiger partial charge is 0.310 e. The molecule has 0 saturated heterocycles. The van der Waals surface area contributed by atoms with Crippen LogP contribution in [0.3, 0.4) is 0 Å². The Balaban J connectivity index is 1.53. The lowest BCUT2D eigenvalue weighted by Gasteiger charge is -2.03. The minimum Gasteiger partial charge on any atom is -0.477 e. The highest BCUT2D eigenvalue weighted by molar-refractivity contribution is 5.81. The summed E-state index contributed by atoms with van der Waals surface area (Å²) in [5, 5.41) is 19.7.